The highest BCUT2D eigenvalue weighted by atomic mass is 32.2. The number of fused-ring (bicyclic) bond motifs is 1. The van der Waals surface area contributed by atoms with Gasteiger partial charge in [-0.05, 0) is 35.4 Å². The lowest BCUT2D eigenvalue weighted by atomic mass is 10.1. The van der Waals surface area contributed by atoms with Crippen molar-refractivity contribution in [3.05, 3.63) is 90.9 Å². The zero-order valence-electron chi connectivity index (χ0n) is 14.6. The molecule has 0 saturated carbocycles. The molecule has 0 spiro atoms. The monoisotopic (exact) mass is 377 g/mol. The smallest absolute Gasteiger partial charge is 0.240 e. The first-order valence-corrected chi connectivity index (χ1v) is 10.2. The lowest BCUT2D eigenvalue weighted by Crippen LogP contribution is -2.26. The molecular formula is C21H19N3O2S. The van der Waals surface area contributed by atoms with Crippen molar-refractivity contribution < 1.29 is 8.42 Å². The molecule has 136 valence electrons. The zero-order valence-corrected chi connectivity index (χ0v) is 15.4. The van der Waals surface area contributed by atoms with Gasteiger partial charge in [-0.2, -0.15) is 0 Å². The van der Waals surface area contributed by atoms with Crippen molar-refractivity contribution in [2.24, 2.45) is 0 Å². The summed E-state index contributed by atoms with van der Waals surface area (Å²) in [5.74, 6) is 0. The van der Waals surface area contributed by atoms with E-state index in [1.165, 1.54) is 0 Å². The molecule has 1 N–H and O–H groups in total. The van der Waals surface area contributed by atoms with Crippen LogP contribution in [0, 0.1) is 0 Å². The Morgan fingerprint density at radius 2 is 1.56 bits per heavy atom. The number of nitrogens with zero attached hydrogens (tertiary/aromatic N) is 2. The molecule has 5 nitrogen and oxygen atoms in total. The number of imidazole rings is 1. The maximum Gasteiger partial charge on any atom is 0.240 e. The number of rotatable bonds is 6. The minimum Gasteiger partial charge on any atom is -0.307 e. The number of hydrogen-bond acceptors (Lipinski definition) is 3. The fourth-order valence-electron chi connectivity index (χ4n) is 2.96. The number of benzene rings is 2. The topological polar surface area (TPSA) is 63.5 Å². The van der Waals surface area contributed by atoms with Crippen LogP contribution in [0.4, 0.5) is 0 Å². The van der Waals surface area contributed by atoms with Gasteiger partial charge in [0.1, 0.15) is 5.65 Å². The van der Waals surface area contributed by atoms with Crippen LogP contribution in [0.3, 0.4) is 0 Å². The maximum absolute atomic E-state index is 12.5. The zero-order chi connectivity index (χ0) is 18.7. The van der Waals surface area contributed by atoms with Crippen molar-refractivity contribution in [3.63, 3.8) is 0 Å². The number of nitrogens with one attached hydrogen (secondary N) is 1. The predicted molar refractivity (Wildman–Crippen MR) is 106 cm³/mol. The molecule has 0 amide bonds. The highest BCUT2D eigenvalue weighted by molar-refractivity contribution is 7.89. The van der Waals surface area contributed by atoms with Gasteiger partial charge >= 0.3 is 0 Å². The molecule has 2 aromatic heterocycles. The van der Waals surface area contributed by atoms with Crippen LogP contribution in [0.2, 0.25) is 0 Å². The Bertz CT molecular complexity index is 1120. The summed E-state index contributed by atoms with van der Waals surface area (Å²) in [5.41, 5.74) is 3.75. The summed E-state index contributed by atoms with van der Waals surface area (Å²) in [5, 5.41) is 0. The molecule has 2 heterocycles. The predicted octanol–water partition coefficient (Wildman–Crippen LogP) is 3.52. The van der Waals surface area contributed by atoms with Crippen LogP contribution >= 0.6 is 0 Å². The van der Waals surface area contributed by atoms with Crippen molar-refractivity contribution in [3.8, 4) is 11.1 Å². The van der Waals surface area contributed by atoms with Gasteiger partial charge in [-0.15, -0.1) is 0 Å². The van der Waals surface area contributed by atoms with E-state index in [-0.39, 0.29) is 4.90 Å². The number of sulfonamides is 1. The normalized spacial score (nSPS) is 11.7. The van der Waals surface area contributed by atoms with Gasteiger partial charge in [-0.3, -0.25) is 0 Å². The molecule has 2 aromatic carbocycles. The van der Waals surface area contributed by atoms with E-state index in [0.29, 0.717) is 13.0 Å². The van der Waals surface area contributed by atoms with Gasteiger partial charge in [0, 0.05) is 25.4 Å². The fraction of sp³-hybridized carbons (Fsp3) is 0.0952. The average molecular weight is 377 g/mol. The molecule has 4 aromatic rings. The molecule has 0 fully saturated rings. The Labute approximate surface area is 158 Å². The first-order chi connectivity index (χ1) is 13.1. The SMILES string of the molecule is O=S(=O)(NCCc1cn2ccccc2n1)c1ccc(-c2ccccc2)cc1. The van der Waals surface area contributed by atoms with Gasteiger partial charge < -0.3 is 4.40 Å². The lowest BCUT2D eigenvalue weighted by Gasteiger charge is -2.07. The van der Waals surface area contributed by atoms with Crippen LogP contribution in [0.1, 0.15) is 5.69 Å². The molecule has 0 aliphatic rings. The van der Waals surface area contributed by atoms with Crippen LogP contribution in [0.5, 0.6) is 0 Å². The van der Waals surface area contributed by atoms with Crippen LogP contribution in [0.25, 0.3) is 16.8 Å². The van der Waals surface area contributed by atoms with E-state index >= 15 is 0 Å². The van der Waals surface area contributed by atoms with E-state index in [4.69, 9.17) is 0 Å². The second kappa shape index (κ2) is 7.34. The van der Waals surface area contributed by atoms with Crippen LogP contribution in [-0.4, -0.2) is 24.3 Å². The molecule has 0 radical (unpaired) electrons. The van der Waals surface area contributed by atoms with Gasteiger partial charge in [0.2, 0.25) is 10.0 Å². The van der Waals surface area contributed by atoms with E-state index in [1.807, 2.05) is 77.5 Å². The Balaban J connectivity index is 1.42. The van der Waals surface area contributed by atoms with Crippen LogP contribution < -0.4 is 4.72 Å². The molecule has 0 bridgehead atoms. The second-order valence-corrected chi connectivity index (χ2v) is 8.00. The van der Waals surface area contributed by atoms with E-state index in [1.54, 1.807) is 12.1 Å². The third kappa shape index (κ3) is 3.92. The Morgan fingerprint density at radius 1 is 0.852 bits per heavy atom. The maximum atomic E-state index is 12.5. The molecule has 0 aliphatic heterocycles. The number of hydrogen-bond donors (Lipinski definition) is 1. The van der Waals surface area contributed by atoms with Crippen LogP contribution in [0.15, 0.2) is 90.1 Å². The molecule has 27 heavy (non-hydrogen) atoms. The Kier molecular flexibility index (Phi) is 4.75. The van der Waals surface area contributed by atoms with Crippen molar-refractivity contribution >= 4 is 15.7 Å². The van der Waals surface area contributed by atoms with E-state index < -0.39 is 10.0 Å². The molecule has 0 saturated heterocycles. The van der Waals surface area contributed by atoms with Gasteiger partial charge in [0.15, 0.2) is 0 Å². The summed E-state index contributed by atoms with van der Waals surface area (Å²) < 4.78 is 29.6. The third-order valence-corrected chi connectivity index (χ3v) is 5.84. The van der Waals surface area contributed by atoms with Gasteiger partial charge in [0.05, 0.1) is 10.6 Å². The lowest BCUT2D eigenvalue weighted by molar-refractivity contribution is 0.581. The molecule has 0 aliphatic carbocycles. The van der Waals surface area contributed by atoms with Gasteiger partial charge in [-0.1, -0.05) is 48.5 Å². The first kappa shape index (κ1) is 17.5. The van der Waals surface area contributed by atoms with E-state index in [9.17, 15) is 8.42 Å². The molecule has 4 rings (SSSR count). The molecule has 0 atom stereocenters. The van der Waals surface area contributed by atoms with Gasteiger partial charge in [-0.25, -0.2) is 18.1 Å². The standard InChI is InChI=1S/C21H19N3O2S/c25-27(26,20-11-9-18(10-12-20)17-6-2-1-3-7-17)22-14-13-19-16-24-15-5-4-8-21(24)23-19/h1-12,15-16,22H,13-14H2. The summed E-state index contributed by atoms with van der Waals surface area (Å²) in [4.78, 5) is 4.74. The Morgan fingerprint density at radius 3 is 2.30 bits per heavy atom. The average Bonchev–Trinajstić information content (AvgIpc) is 3.11. The van der Waals surface area contributed by atoms with Crippen molar-refractivity contribution in [1.82, 2.24) is 14.1 Å². The summed E-state index contributed by atoms with van der Waals surface area (Å²) in [6.45, 7) is 0.298. The summed E-state index contributed by atoms with van der Waals surface area (Å²) in [6, 6.07) is 22.6. The quantitative estimate of drug-likeness (QED) is 0.559. The first-order valence-electron chi connectivity index (χ1n) is 8.70. The van der Waals surface area contributed by atoms with E-state index in [0.717, 1.165) is 22.5 Å². The molecule has 0 unspecified atom stereocenters. The largest absolute Gasteiger partial charge is 0.307 e. The van der Waals surface area contributed by atoms with Crippen molar-refractivity contribution in [2.75, 3.05) is 6.54 Å². The van der Waals surface area contributed by atoms with Gasteiger partial charge in [0.25, 0.3) is 0 Å². The third-order valence-electron chi connectivity index (χ3n) is 4.36. The minimum atomic E-state index is -3.54. The van der Waals surface area contributed by atoms with Crippen LogP contribution in [-0.2, 0) is 16.4 Å². The number of pyridine rings is 1. The summed E-state index contributed by atoms with van der Waals surface area (Å²) >= 11 is 0. The summed E-state index contributed by atoms with van der Waals surface area (Å²) in [7, 11) is -3.54. The highest BCUT2D eigenvalue weighted by Gasteiger charge is 2.14. The second-order valence-electron chi connectivity index (χ2n) is 6.24. The molecule has 6 heteroatoms. The van der Waals surface area contributed by atoms with Crippen molar-refractivity contribution in [1.29, 1.82) is 0 Å². The number of aromatic nitrogens is 2. The highest BCUT2D eigenvalue weighted by Crippen LogP contribution is 2.20. The Hall–Kier alpha value is -2.96. The van der Waals surface area contributed by atoms with E-state index in [2.05, 4.69) is 9.71 Å². The molecular weight excluding hydrogens is 358 g/mol. The fourth-order valence-corrected chi connectivity index (χ4v) is 3.99. The summed E-state index contributed by atoms with van der Waals surface area (Å²) in [6.07, 6.45) is 4.37. The van der Waals surface area contributed by atoms with Crippen molar-refractivity contribution in [2.45, 2.75) is 11.3 Å². The minimum absolute atomic E-state index is 0.261.